The first-order chi connectivity index (χ1) is 9.29. The Morgan fingerprint density at radius 1 is 1.32 bits per heavy atom. The maximum atomic E-state index is 5.62. The summed E-state index contributed by atoms with van der Waals surface area (Å²) in [6.07, 6.45) is 5.28. The van der Waals surface area contributed by atoms with Crippen LogP contribution < -0.4 is 10.6 Å². The fourth-order valence-corrected chi connectivity index (χ4v) is 2.76. The summed E-state index contributed by atoms with van der Waals surface area (Å²) < 4.78 is 5.62. The largest absolute Gasteiger partial charge is 0.376 e. The van der Waals surface area contributed by atoms with Gasteiger partial charge in [-0.25, -0.2) is 0 Å². The van der Waals surface area contributed by atoms with Crippen LogP contribution in [0.2, 0.25) is 0 Å². The van der Waals surface area contributed by atoms with Gasteiger partial charge in [0.25, 0.3) is 0 Å². The Labute approximate surface area is 116 Å². The van der Waals surface area contributed by atoms with E-state index in [1.165, 1.54) is 25.8 Å². The van der Waals surface area contributed by atoms with Gasteiger partial charge in [0.15, 0.2) is 5.96 Å². The van der Waals surface area contributed by atoms with Crippen molar-refractivity contribution in [3.8, 4) is 0 Å². The van der Waals surface area contributed by atoms with E-state index in [0.29, 0.717) is 12.1 Å². The Morgan fingerprint density at radius 2 is 2.21 bits per heavy atom. The highest BCUT2D eigenvalue weighted by Crippen LogP contribution is 2.14. The van der Waals surface area contributed by atoms with Crippen molar-refractivity contribution < 1.29 is 4.74 Å². The van der Waals surface area contributed by atoms with E-state index in [4.69, 9.17) is 9.73 Å². The fourth-order valence-electron chi connectivity index (χ4n) is 2.76. The molecule has 0 aromatic carbocycles. The zero-order valence-electron chi connectivity index (χ0n) is 12.3. The van der Waals surface area contributed by atoms with Gasteiger partial charge in [0.2, 0.25) is 0 Å². The summed E-state index contributed by atoms with van der Waals surface area (Å²) >= 11 is 0. The van der Waals surface area contributed by atoms with Crippen molar-refractivity contribution in [3.05, 3.63) is 0 Å². The average molecular weight is 268 g/mol. The third-order valence-corrected chi connectivity index (χ3v) is 4.00. The Balaban J connectivity index is 1.76. The number of hydrogen-bond donors (Lipinski definition) is 2. The number of likely N-dealkylation sites (tertiary alicyclic amines) is 1. The molecule has 0 aromatic heterocycles. The van der Waals surface area contributed by atoms with Crippen LogP contribution in [0.5, 0.6) is 0 Å². The van der Waals surface area contributed by atoms with E-state index in [9.17, 15) is 0 Å². The van der Waals surface area contributed by atoms with Crippen LogP contribution in [-0.2, 0) is 4.74 Å². The summed E-state index contributed by atoms with van der Waals surface area (Å²) in [5, 5.41) is 6.71. The molecule has 2 atom stereocenters. The molecular weight excluding hydrogens is 240 g/mol. The van der Waals surface area contributed by atoms with Crippen LogP contribution in [0.25, 0.3) is 0 Å². The summed E-state index contributed by atoms with van der Waals surface area (Å²) in [5.74, 6) is 0.929. The maximum absolute atomic E-state index is 5.62. The molecule has 2 saturated heterocycles. The summed E-state index contributed by atoms with van der Waals surface area (Å²) in [6, 6.07) is 0.609. The lowest BCUT2D eigenvalue weighted by Gasteiger charge is -2.19. The van der Waals surface area contributed by atoms with Crippen LogP contribution in [0.3, 0.4) is 0 Å². The Bertz CT molecular complexity index is 289. The van der Waals surface area contributed by atoms with E-state index in [-0.39, 0.29) is 0 Å². The number of aliphatic imine (C=N–C) groups is 1. The number of nitrogens with zero attached hydrogens (tertiary/aromatic N) is 2. The van der Waals surface area contributed by atoms with Crippen molar-refractivity contribution in [1.29, 1.82) is 0 Å². The maximum Gasteiger partial charge on any atom is 0.191 e. The number of ether oxygens (including phenoxy) is 1. The average Bonchev–Trinajstić information content (AvgIpc) is 3.04. The topological polar surface area (TPSA) is 48.9 Å². The van der Waals surface area contributed by atoms with E-state index in [1.54, 1.807) is 0 Å². The summed E-state index contributed by atoms with van der Waals surface area (Å²) in [4.78, 5) is 7.11. The number of likely N-dealkylation sites (N-methyl/N-ethyl adjacent to an activating group) is 1. The van der Waals surface area contributed by atoms with Crippen LogP contribution in [-0.4, -0.2) is 62.8 Å². The van der Waals surface area contributed by atoms with Crippen LogP contribution in [0.1, 0.15) is 32.6 Å². The molecule has 19 heavy (non-hydrogen) atoms. The predicted octanol–water partition coefficient (Wildman–Crippen LogP) is 0.815. The molecule has 5 heteroatoms. The Kier molecular flexibility index (Phi) is 5.92. The van der Waals surface area contributed by atoms with Crippen molar-refractivity contribution in [2.24, 2.45) is 4.99 Å². The first-order valence-electron chi connectivity index (χ1n) is 7.63. The van der Waals surface area contributed by atoms with E-state index in [1.807, 2.05) is 0 Å². The Hall–Kier alpha value is -0.810. The molecule has 0 aliphatic carbocycles. The van der Waals surface area contributed by atoms with Gasteiger partial charge in [-0.1, -0.05) is 0 Å². The summed E-state index contributed by atoms with van der Waals surface area (Å²) in [6.45, 7) is 6.87. The molecular formula is C14H28N4O. The molecule has 2 unspecified atom stereocenters. The molecule has 0 bridgehead atoms. The molecule has 0 amide bonds. The highest BCUT2D eigenvalue weighted by Gasteiger charge is 2.20. The van der Waals surface area contributed by atoms with Crippen molar-refractivity contribution in [3.63, 3.8) is 0 Å². The summed E-state index contributed by atoms with van der Waals surface area (Å²) in [5.41, 5.74) is 0. The van der Waals surface area contributed by atoms with Crippen LogP contribution in [0.15, 0.2) is 4.99 Å². The molecule has 2 N–H and O–H groups in total. The van der Waals surface area contributed by atoms with Crippen molar-refractivity contribution >= 4 is 5.96 Å². The SMILES string of the molecule is CCNC(=NCC1CCCN1C)NCC1CCCO1. The molecule has 2 heterocycles. The van der Waals surface area contributed by atoms with E-state index >= 15 is 0 Å². The number of rotatable bonds is 5. The van der Waals surface area contributed by atoms with Gasteiger partial charge in [-0.2, -0.15) is 0 Å². The highest BCUT2D eigenvalue weighted by atomic mass is 16.5. The van der Waals surface area contributed by atoms with Gasteiger partial charge >= 0.3 is 0 Å². The van der Waals surface area contributed by atoms with Crippen molar-refractivity contribution in [2.45, 2.75) is 44.8 Å². The second-order valence-corrected chi connectivity index (χ2v) is 5.51. The standard InChI is InChI=1S/C14H28N4O/c1-3-15-14(17-11-13-7-5-9-19-13)16-10-12-6-4-8-18(12)2/h12-13H,3-11H2,1-2H3,(H2,15,16,17). The second-order valence-electron chi connectivity index (χ2n) is 5.51. The lowest BCUT2D eigenvalue weighted by molar-refractivity contribution is 0.114. The van der Waals surface area contributed by atoms with E-state index in [0.717, 1.165) is 38.6 Å². The number of guanidine groups is 1. The lowest BCUT2D eigenvalue weighted by Crippen LogP contribution is -2.42. The number of hydrogen-bond acceptors (Lipinski definition) is 3. The monoisotopic (exact) mass is 268 g/mol. The molecule has 0 radical (unpaired) electrons. The van der Waals surface area contributed by atoms with Crippen molar-refractivity contribution in [1.82, 2.24) is 15.5 Å². The van der Waals surface area contributed by atoms with Crippen LogP contribution >= 0.6 is 0 Å². The molecule has 2 rings (SSSR count). The highest BCUT2D eigenvalue weighted by molar-refractivity contribution is 5.79. The van der Waals surface area contributed by atoms with E-state index < -0.39 is 0 Å². The smallest absolute Gasteiger partial charge is 0.191 e. The van der Waals surface area contributed by atoms with Gasteiger partial charge in [0, 0.05) is 25.7 Å². The zero-order chi connectivity index (χ0) is 13.5. The minimum Gasteiger partial charge on any atom is -0.376 e. The third kappa shape index (κ3) is 4.66. The molecule has 110 valence electrons. The van der Waals surface area contributed by atoms with Crippen molar-refractivity contribution in [2.75, 3.05) is 39.8 Å². The predicted molar refractivity (Wildman–Crippen MR) is 78.6 cm³/mol. The lowest BCUT2D eigenvalue weighted by atomic mass is 10.2. The Morgan fingerprint density at radius 3 is 2.84 bits per heavy atom. The molecule has 0 aromatic rings. The van der Waals surface area contributed by atoms with E-state index in [2.05, 4.69) is 29.5 Å². The second kappa shape index (κ2) is 7.70. The molecule has 2 aliphatic rings. The molecule has 0 spiro atoms. The van der Waals surface area contributed by atoms with Gasteiger partial charge in [-0.3, -0.25) is 4.99 Å². The first-order valence-corrected chi connectivity index (χ1v) is 7.63. The fraction of sp³-hybridized carbons (Fsp3) is 0.929. The molecule has 0 saturated carbocycles. The number of nitrogens with one attached hydrogen (secondary N) is 2. The first kappa shape index (κ1) is 14.6. The van der Waals surface area contributed by atoms with Gasteiger partial charge in [0.05, 0.1) is 12.6 Å². The van der Waals surface area contributed by atoms with Gasteiger partial charge < -0.3 is 20.3 Å². The molecule has 5 nitrogen and oxygen atoms in total. The minimum atomic E-state index is 0.359. The quantitative estimate of drug-likeness (QED) is 0.572. The normalized spacial score (nSPS) is 28.8. The zero-order valence-corrected chi connectivity index (χ0v) is 12.3. The van der Waals surface area contributed by atoms with Crippen LogP contribution in [0, 0.1) is 0 Å². The third-order valence-electron chi connectivity index (χ3n) is 4.00. The molecule has 2 fully saturated rings. The summed E-state index contributed by atoms with van der Waals surface area (Å²) in [7, 11) is 2.19. The minimum absolute atomic E-state index is 0.359. The van der Waals surface area contributed by atoms with Gasteiger partial charge in [0.1, 0.15) is 0 Å². The molecule has 2 aliphatic heterocycles. The van der Waals surface area contributed by atoms with Gasteiger partial charge in [-0.05, 0) is 46.2 Å². The van der Waals surface area contributed by atoms with Gasteiger partial charge in [-0.15, -0.1) is 0 Å². The van der Waals surface area contributed by atoms with Crippen LogP contribution in [0.4, 0.5) is 0 Å².